The summed E-state index contributed by atoms with van der Waals surface area (Å²) in [5.41, 5.74) is 2.77. The number of likely N-dealkylation sites (N-methyl/N-ethyl adjacent to an activating group) is 1. The third-order valence-electron chi connectivity index (χ3n) is 4.41. The van der Waals surface area contributed by atoms with Crippen molar-refractivity contribution in [1.29, 1.82) is 0 Å². The van der Waals surface area contributed by atoms with Crippen molar-refractivity contribution in [3.05, 3.63) is 42.0 Å². The molecule has 0 unspecified atom stereocenters. The number of rotatable bonds is 8. The summed E-state index contributed by atoms with van der Waals surface area (Å²) < 4.78 is 5.12. The van der Waals surface area contributed by atoms with E-state index in [0.29, 0.717) is 0 Å². The summed E-state index contributed by atoms with van der Waals surface area (Å²) in [5, 5.41) is 3.43. The standard InChI is InChI=1S/C20H32N4O/c1-4-21-20(22-12-15-23(2)16-17-25-3)24-13-10-19(11-14-24)18-8-6-5-7-9-18/h5-10H,4,11-17H2,1-3H3,(H,21,22). The summed E-state index contributed by atoms with van der Waals surface area (Å²) in [6.07, 6.45) is 3.39. The second-order valence-electron chi connectivity index (χ2n) is 6.32. The minimum absolute atomic E-state index is 0.763. The molecule has 1 aromatic carbocycles. The van der Waals surface area contributed by atoms with Crippen molar-refractivity contribution in [2.45, 2.75) is 13.3 Å². The fourth-order valence-corrected chi connectivity index (χ4v) is 2.89. The lowest BCUT2D eigenvalue weighted by atomic mass is 10.00. The van der Waals surface area contributed by atoms with Crippen molar-refractivity contribution >= 4 is 11.5 Å². The van der Waals surface area contributed by atoms with Crippen LogP contribution in [0.25, 0.3) is 5.57 Å². The highest BCUT2D eigenvalue weighted by molar-refractivity contribution is 5.81. The molecule has 0 radical (unpaired) electrons. The first-order valence-electron chi connectivity index (χ1n) is 9.19. The highest BCUT2D eigenvalue weighted by Gasteiger charge is 2.16. The maximum atomic E-state index is 5.12. The van der Waals surface area contributed by atoms with Crippen LogP contribution in [0.3, 0.4) is 0 Å². The van der Waals surface area contributed by atoms with Crippen molar-refractivity contribution in [1.82, 2.24) is 15.1 Å². The van der Waals surface area contributed by atoms with Crippen molar-refractivity contribution in [3.63, 3.8) is 0 Å². The molecule has 2 rings (SSSR count). The number of methoxy groups -OCH3 is 1. The number of hydrogen-bond acceptors (Lipinski definition) is 3. The van der Waals surface area contributed by atoms with Gasteiger partial charge in [-0.2, -0.15) is 0 Å². The van der Waals surface area contributed by atoms with E-state index in [9.17, 15) is 0 Å². The highest BCUT2D eigenvalue weighted by Crippen LogP contribution is 2.21. The normalized spacial score (nSPS) is 15.4. The van der Waals surface area contributed by atoms with Crippen LogP contribution in [-0.2, 0) is 4.74 Å². The van der Waals surface area contributed by atoms with Gasteiger partial charge in [0.05, 0.1) is 13.2 Å². The van der Waals surface area contributed by atoms with E-state index in [1.165, 1.54) is 11.1 Å². The highest BCUT2D eigenvalue weighted by atomic mass is 16.5. The molecule has 1 aromatic rings. The number of ether oxygens (including phenoxy) is 1. The van der Waals surface area contributed by atoms with Gasteiger partial charge in [0, 0.05) is 39.8 Å². The van der Waals surface area contributed by atoms with E-state index in [1.807, 2.05) is 0 Å². The Morgan fingerprint density at radius 3 is 2.72 bits per heavy atom. The van der Waals surface area contributed by atoms with E-state index in [-0.39, 0.29) is 0 Å². The number of guanidine groups is 1. The Kier molecular flexibility index (Phi) is 8.49. The van der Waals surface area contributed by atoms with Gasteiger partial charge in [-0.25, -0.2) is 0 Å². The van der Waals surface area contributed by atoms with Crippen molar-refractivity contribution in [2.75, 3.05) is 60.0 Å². The zero-order chi connectivity index (χ0) is 17.9. The molecular formula is C20H32N4O. The van der Waals surface area contributed by atoms with Crippen LogP contribution in [-0.4, -0.2) is 75.8 Å². The maximum absolute atomic E-state index is 5.12. The molecule has 5 nitrogen and oxygen atoms in total. The summed E-state index contributed by atoms with van der Waals surface area (Å²) in [6.45, 7) is 8.38. The number of aliphatic imine (C=N–C) groups is 1. The molecule has 0 aromatic heterocycles. The van der Waals surface area contributed by atoms with Gasteiger partial charge in [-0.1, -0.05) is 36.4 Å². The first-order chi connectivity index (χ1) is 12.2. The molecule has 1 heterocycles. The minimum Gasteiger partial charge on any atom is -0.383 e. The smallest absolute Gasteiger partial charge is 0.194 e. The van der Waals surface area contributed by atoms with Crippen LogP contribution in [0, 0.1) is 0 Å². The Morgan fingerprint density at radius 1 is 1.28 bits per heavy atom. The van der Waals surface area contributed by atoms with E-state index in [0.717, 1.165) is 58.3 Å². The monoisotopic (exact) mass is 344 g/mol. The summed E-state index contributed by atoms with van der Waals surface area (Å²) >= 11 is 0. The fraction of sp³-hybridized carbons (Fsp3) is 0.550. The molecule has 1 aliphatic heterocycles. The number of nitrogens with zero attached hydrogens (tertiary/aromatic N) is 3. The average molecular weight is 345 g/mol. The number of nitrogens with one attached hydrogen (secondary N) is 1. The second kappa shape index (κ2) is 10.9. The van der Waals surface area contributed by atoms with Gasteiger partial charge in [0.1, 0.15) is 0 Å². The van der Waals surface area contributed by atoms with Gasteiger partial charge in [-0.15, -0.1) is 0 Å². The molecule has 0 amide bonds. The van der Waals surface area contributed by atoms with Crippen molar-refractivity contribution in [2.24, 2.45) is 4.99 Å². The molecule has 1 aliphatic rings. The third kappa shape index (κ3) is 6.52. The molecule has 0 spiro atoms. The largest absolute Gasteiger partial charge is 0.383 e. The third-order valence-corrected chi connectivity index (χ3v) is 4.41. The maximum Gasteiger partial charge on any atom is 0.194 e. The first-order valence-corrected chi connectivity index (χ1v) is 9.19. The zero-order valence-electron chi connectivity index (χ0n) is 15.9. The lowest BCUT2D eigenvalue weighted by Gasteiger charge is -2.30. The Hall–Kier alpha value is -1.85. The van der Waals surface area contributed by atoms with Gasteiger partial charge in [-0.05, 0) is 31.5 Å². The van der Waals surface area contributed by atoms with Crippen LogP contribution in [0.5, 0.6) is 0 Å². The van der Waals surface area contributed by atoms with E-state index in [1.54, 1.807) is 7.11 Å². The van der Waals surface area contributed by atoms with E-state index in [2.05, 4.69) is 65.5 Å². The lowest BCUT2D eigenvalue weighted by Crippen LogP contribution is -2.43. The van der Waals surface area contributed by atoms with Crippen LogP contribution in [0.2, 0.25) is 0 Å². The lowest BCUT2D eigenvalue weighted by molar-refractivity contribution is 0.163. The van der Waals surface area contributed by atoms with Crippen molar-refractivity contribution in [3.8, 4) is 0 Å². The quantitative estimate of drug-likeness (QED) is 0.580. The minimum atomic E-state index is 0.763. The van der Waals surface area contributed by atoms with Crippen LogP contribution in [0.15, 0.2) is 41.4 Å². The Balaban J connectivity index is 1.90. The fourth-order valence-electron chi connectivity index (χ4n) is 2.89. The molecule has 0 bridgehead atoms. The molecule has 5 heteroatoms. The molecule has 1 N–H and O–H groups in total. The first kappa shape index (κ1) is 19.5. The Labute approximate surface area is 152 Å². The Bertz CT molecular complexity index is 556. The van der Waals surface area contributed by atoms with E-state index >= 15 is 0 Å². The van der Waals surface area contributed by atoms with Crippen molar-refractivity contribution < 1.29 is 4.74 Å². The number of benzene rings is 1. The van der Waals surface area contributed by atoms with Gasteiger partial charge in [0.25, 0.3) is 0 Å². The van der Waals surface area contributed by atoms with Crippen LogP contribution < -0.4 is 5.32 Å². The predicted octanol–water partition coefficient (Wildman–Crippen LogP) is 2.32. The Morgan fingerprint density at radius 2 is 2.08 bits per heavy atom. The predicted molar refractivity (Wildman–Crippen MR) is 106 cm³/mol. The van der Waals surface area contributed by atoms with Gasteiger partial charge in [-0.3, -0.25) is 4.99 Å². The molecule has 0 atom stereocenters. The molecule has 0 saturated carbocycles. The molecule has 0 fully saturated rings. The molecule has 25 heavy (non-hydrogen) atoms. The number of hydrogen-bond donors (Lipinski definition) is 1. The van der Waals surface area contributed by atoms with Gasteiger partial charge in [0.2, 0.25) is 0 Å². The molecular weight excluding hydrogens is 312 g/mol. The van der Waals surface area contributed by atoms with Gasteiger partial charge >= 0.3 is 0 Å². The summed E-state index contributed by atoms with van der Waals surface area (Å²) in [6, 6.07) is 10.7. The molecule has 138 valence electrons. The molecule has 0 saturated heterocycles. The van der Waals surface area contributed by atoms with Gasteiger partial charge < -0.3 is 19.9 Å². The average Bonchev–Trinajstić information content (AvgIpc) is 2.66. The summed E-state index contributed by atoms with van der Waals surface area (Å²) in [5.74, 6) is 1.02. The van der Waals surface area contributed by atoms with Crippen LogP contribution in [0.1, 0.15) is 18.9 Å². The summed E-state index contributed by atoms with van der Waals surface area (Å²) in [4.78, 5) is 9.39. The van der Waals surface area contributed by atoms with Crippen LogP contribution in [0.4, 0.5) is 0 Å². The topological polar surface area (TPSA) is 40.1 Å². The SMILES string of the molecule is CCNC(=NCCN(C)CCOC)N1CC=C(c2ccccc2)CC1. The van der Waals surface area contributed by atoms with Crippen LogP contribution >= 0.6 is 0 Å². The second-order valence-corrected chi connectivity index (χ2v) is 6.32. The van der Waals surface area contributed by atoms with E-state index < -0.39 is 0 Å². The van der Waals surface area contributed by atoms with E-state index in [4.69, 9.17) is 9.73 Å². The molecule has 0 aliphatic carbocycles. The zero-order valence-corrected chi connectivity index (χ0v) is 15.9. The summed E-state index contributed by atoms with van der Waals surface area (Å²) in [7, 11) is 3.85. The van der Waals surface area contributed by atoms with Gasteiger partial charge in [0.15, 0.2) is 5.96 Å².